The molecule has 0 spiro atoms. The maximum atomic E-state index is 12.1. The summed E-state index contributed by atoms with van der Waals surface area (Å²) in [4.78, 5) is 19.2. The van der Waals surface area contributed by atoms with Crippen LogP contribution < -0.4 is 5.32 Å². The molecule has 0 fully saturated rings. The number of amides is 1. The second kappa shape index (κ2) is 4.56. The molecule has 0 unspecified atom stereocenters. The normalized spacial score (nSPS) is 10.8. The van der Waals surface area contributed by atoms with Gasteiger partial charge in [0.2, 0.25) is 5.89 Å². The van der Waals surface area contributed by atoms with E-state index in [-0.39, 0.29) is 12.5 Å². The topological polar surface area (TPSA) is 83.8 Å². The van der Waals surface area contributed by atoms with Gasteiger partial charge in [0, 0.05) is 29.6 Å². The second-order valence-corrected chi connectivity index (χ2v) is 4.16. The van der Waals surface area contributed by atoms with Crippen LogP contribution in [-0.4, -0.2) is 21.0 Å². The molecule has 0 saturated carbocycles. The third-order valence-electron chi connectivity index (χ3n) is 2.82. The number of nitrogens with zero attached hydrogens (tertiary/aromatic N) is 2. The highest BCUT2D eigenvalue weighted by Gasteiger charge is 2.11. The molecule has 0 aliphatic carbocycles. The maximum Gasteiger partial charge on any atom is 0.252 e. The molecule has 0 bridgehead atoms. The van der Waals surface area contributed by atoms with Gasteiger partial charge in [-0.05, 0) is 18.2 Å². The average Bonchev–Trinajstić information content (AvgIpc) is 3.03. The van der Waals surface area contributed by atoms with Gasteiger partial charge in [0.1, 0.15) is 0 Å². The first-order valence-corrected chi connectivity index (χ1v) is 5.87. The quantitative estimate of drug-likeness (QED) is 0.748. The van der Waals surface area contributed by atoms with Gasteiger partial charge in [0.25, 0.3) is 5.91 Å². The first-order chi connectivity index (χ1) is 9.24. The summed E-state index contributed by atoms with van der Waals surface area (Å²) in [6, 6.07) is 7.43. The maximum absolute atomic E-state index is 12.1. The van der Waals surface area contributed by atoms with Gasteiger partial charge < -0.3 is 14.8 Å². The molecular weight excluding hydrogens is 244 g/mol. The summed E-state index contributed by atoms with van der Waals surface area (Å²) in [6.07, 6.45) is 1.81. The number of hydrogen-bond donors (Lipinski definition) is 2. The number of carbonyl (C=O) groups is 1. The first kappa shape index (κ1) is 11.5. The monoisotopic (exact) mass is 256 g/mol. The van der Waals surface area contributed by atoms with Crippen molar-refractivity contribution in [2.24, 2.45) is 0 Å². The van der Waals surface area contributed by atoms with Crippen LogP contribution >= 0.6 is 0 Å². The van der Waals surface area contributed by atoms with E-state index in [9.17, 15) is 4.79 Å². The molecule has 19 heavy (non-hydrogen) atoms. The molecule has 2 heterocycles. The lowest BCUT2D eigenvalue weighted by Crippen LogP contribution is -2.23. The highest BCUT2D eigenvalue weighted by atomic mass is 16.5. The predicted octanol–water partition coefficient (Wildman–Crippen LogP) is 1.79. The van der Waals surface area contributed by atoms with E-state index in [0.717, 1.165) is 10.9 Å². The number of H-pyrrole nitrogens is 1. The van der Waals surface area contributed by atoms with E-state index >= 15 is 0 Å². The van der Waals surface area contributed by atoms with Gasteiger partial charge in [-0.15, -0.1) is 0 Å². The molecule has 0 radical (unpaired) electrons. The lowest BCUT2D eigenvalue weighted by Gasteiger charge is -2.03. The third kappa shape index (κ3) is 2.20. The van der Waals surface area contributed by atoms with Crippen molar-refractivity contribution >= 4 is 16.8 Å². The van der Waals surface area contributed by atoms with Crippen LogP contribution in [0.1, 0.15) is 22.1 Å². The predicted molar refractivity (Wildman–Crippen MR) is 68.5 cm³/mol. The van der Waals surface area contributed by atoms with Crippen LogP contribution in [0.25, 0.3) is 10.9 Å². The van der Waals surface area contributed by atoms with E-state index in [1.54, 1.807) is 13.0 Å². The van der Waals surface area contributed by atoms with Crippen LogP contribution in [0.2, 0.25) is 0 Å². The van der Waals surface area contributed by atoms with Crippen LogP contribution in [-0.2, 0) is 6.54 Å². The summed E-state index contributed by atoms with van der Waals surface area (Å²) in [5, 5.41) is 7.39. The fraction of sp³-hybridized carbons (Fsp3) is 0.154. The minimum absolute atomic E-state index is 0.160. The highest BCUT2D eigenvalue weighted by Crippen LogP contribution is 2.17. The van der Waals surface area contributed by atoms with E-state index < -0.39 is 0 Å². The summed E-state index contributed by atoms with van der Waals surface area (Å²) < 4.78 is 4.84. The fourth-order valence-corrected chi connectivity index (χ4v) is 1.95. The van der Waals surface area contributed by atoms with Crippen molar-refractivity contribution in [3.63, 3.8) is 0 Å². The van der Waals surface area contributed by atoms with E-state index in [4.69, 9.17) is 4.52 Å². The van der Waals surface area contributed by atoms with Crippen LogP contribution in [0.5, 0.6) is 0 Å². The van der Waals surface area contributed by atoms with Crippen molar-refractivity contribution in [3.8, 4) is 0 Å². The lowest BCUT2D eigenvalue weighted by molar-refractivity contribution is 0.0951. The smallest absolute Gasteiger partial charge is 0.252 e. The van der Waals surface area contributed by atoms with Crippen LogP contribution in [0.3, 0.4) is 0 Å². The largest absolute Gasteiger partial charge is 0.361 e. The highest BCUT2D eigenvalue weighted by molar-refractivity contribution is 6.06. The summed E-state index contributed by atoms with van der Waals surface area (Å²) in [7, 11) is 0. The number of fused-ring (bicyclic) bond motifs is 1. The number of aromatic nitrogens is 3. The minimum atomic E-state index is -0.160. The molecule has 1 aromatic carbocycles. The SMILES string of the molecule is Cc1nc(CNC(=O)c2cccc3[nH]ccc23)no1. The zero-order chi connectivity index (χ0) is 13.2. The first-order valence-electron chi connectivity index (χ1n) is 5.87. The Balaban J connectivity index is 1.78. The van der Waals surface area contributed by atoms with Gasteiger partial charge in [-0.2, -0.15) is 4.98 Å². The molecule has 6 heteroatoms. The summed E-state index contributed by atoms with van der Waals surface area (Å²) in [6.45, 7) is 1.95. The van der Waals surface area contributed by atoms with E-state index in [1.807, 2.05) is 24.4 Å². The number of nitrogens with one attached hydrogen (secondary N) is 2. The molecule has 96 valence electrons. The Morgan fingerprint density at radius 1 is 1.42 bits per heavy atom. The molecular formula is C13H12N4O2. The molecule has 0 atom stereocenters. The second-order valence-electron chi connectivity index (χ2n) is 4.16. The summed E-state index contributed by atoms with van der Waals surface area (Å²) >= 11 is 0. The van der Waals surface area contributed by atoms with Crippen molar-refractivity contribution in [1.82, 2.24) is 20.4 Å². The molecule has 3 rings (SSSR count). The Labute approximate surface area is 108 Å². The minimum Gasteiger partial charge on any atom is -0.361 e. The third-order valence-corrected chi connectivity index (χ3v) is 2.82. The van der Waals surface area contributed by atoms with Crippen molar-refractivity contribution in [3.05, 3.63) is 47.7 Å². The van der Waals surface area contributed by atoms with Crippen LogP contribution in [0.4, 0.5) is 0 Å². The number of aromatic amines is 1. The Hall–Kier alpha value is -2.63. The number of rotatable bonds is 3. The summed E-state index contributed by atoms with van der Waals surface area (Å²) in [5.41, 5.74) is 1.56. The van der Waals surface area contributed by atoms with Gasteiger partial charge in [-0.1, -0.05) is 11.2 Å². The molecule has 2 N–H and O–H groups in total. The lowest BCUT2D eigenvalue weighted by atomic mass is 10.1. The standard InChI is InChI=1S/C13H12N4O2/c1-8-16-12(17-19-8)7-15-13(18)10-3-2-4-11-9(10)5-6-14-11/h2-6,14H,7H2,1H3,(H,15,18). The van der Waals surface area contributed by atoms with E-state index in [0.29, 0.717) is 17.3 Å². The average molecular weight is 256 g/mol. The van der Waals surface area contributed by atoms with Crippen molar-refractivity contribution < 1.29 is 9.32 Å². The number of hydrogen-bond acceptors (Lipinski definition) is 4. The Morgan fingerprint density at radius 2 is 2.32 bits per heavy atom. The van der Waals surface area contributed by atoms with Gasteiger partial charge in [0.05, 0.1) is 6.54 Å². The van der Waals surface area contributed by atoms with E-state index in [2.05, 4.69) is 20.4 Å². The molecule has 3 aromatic rings. The summed E-state index contributed by atoms with van der Waals surface area (Å²) in [5.74, 6) is 0.789. The van der Waals surface area contributed by atoms with Crippen molar-refractivity contribution in [1.29, 1.82) is 0 Å². The van der Waals surface area contributed by atoms with Crippen LogP contribution in [0.15, 0.2) is 35.0 Å². The van der Waals surface area contributed by atoms with Gasteiger partial charge in [0.15, 0.2) is 5.82 Å². The van der Waals surface area contributed by atoms with Crippen LogP contribution in [0, 0.1) is 6.92 Å². The van der Waals surface area contributed by atoms with Gasteiger partial charge >= 0.3 is 0 Å². The molecule has 0 aliphatic rings. The Kier molecular flexibility index (Phi) is 2.75. The molecule has 6 nitrogen and oxygen atoms in total. The van der Waals surface area contributed by atoms with Gasteiger partial charge in [-0.25, -0.2) is 0 Å². The van der Waals surface area contributed by atoms with Crippen molar-refractivity contribution in [2.75, 3.05) is 0 Å². The number of aryl methyl sites for hydroxylation is 1. The molecule has 0 aliphatic heterocycles. The molecule has 2 aromatic heterocycles. The zero-order valence-electron chi connectivity index (χ0n) is 10.3. The number of benzene rings is 1. The van der Waals surface area contributed by atoms with E-state index in [1.165, 1.54) is 0 Å². The fourth-order valence-electron chi connectivity index (χ4n) is 1.95. The molecule has 1 amide bonds. The van der Waals surface area contributed by atoms with Gasteiger partial charge in [-0.3, -0.25) is 4.79 Å². The number of carbonyl (C=O) groups excluding carboxylic acids is 1. The Bertz CT molecular complexity index is 729. The zero-order valence-corrected chi connectivity index (χ0v) is 10.3. The molecule has 0 saturated heterocycles. The Morgan fingerprint density at radius 3 is 3.11 bits per heavy atom. The van der Waals surface area contributed by atoms with Crippen molar-refractivity contribution in [2.45, 2.75) is 13.5 Å².